The number of hydrogen-bond acceptors (Lipinski definition) is 5. The Morgan fingerprint density at radius 1 is 1.91 bits per heavy atom. The zero-order chi connectivity index (χ0) is 8.27. The van der Waals surface area contributed by atoms with Crippen molar-refractivity contribution >= 4 is 11.8 Å². The van der Waals surface area contributed by atoms with Crippen LogP contribution in [0.15, 0.2) is 9.55 Å². The number of aromatic nitrogens is 2. The molecule has 0 unspecified atom stereocenters. The van der Waals surface area contributed by atoms with Gasteiger partial charge in [-0.05, 0) is 11.8 Å². The number of aryl methyl sites for hydroxylation is 1. The first-order valence-corrected chi connectivity index (χ1v) is 3.77. The van der Waals surface area contributed by atoms with Crippen molar-refractivity contribution in [3.05, 3.63) is 0 Å². The Morgan fingerprint density at radius 2 is 2.64 bits per heavy atom. The van der Waals surface area contributed by atoms with E-state index < -0.39 is 5.95 Å². The van der Waals surface area contributed by atoms with E-state index in [0.717, 1.165) is 11.8 Å². The second-order valence-electron chi connectivity index (χ2n) is 1.74. The van der Waals surface area contributed by atoms with Gasteiger partial charge in [0, 0.05) is 0 Å². The average molecular weight is 171 g/mol. The van der Waals surface area contributed by atoms with Crippen LogP contribution in [0.2, 0.25) is 0 Å². The average Bonchev–Trinajstić information content (AvgIpc) is 2.29. The van der Waals surface area contributed by atoms with E-state index in [1.807, 2.05) is 6.07 Å². The van der Waals surface area contributed by atoms with Gasteiger partial charge in [-0.25, -0.2) is 0 Å². The molecule has 0 saturated carbocycles. The Hall–Kier alpha value is -1.22. The molecule has 0 saturated heterocycles. The first-order valence-electron chi connectivity index (χ1n) is 2.78. The standard InChI is InChI=1S/C5H5N3O2S/c1-8-4(11-3-2-6)5(9)10-7-8/h3H2,1H3. The van der Waals surface area contributed by atoms with Gasteiger partial charge in [0.2, 0.25) is 0 Å². The van der Waals surface area contributed by atoms with Crippen molar-refractivity contribution in [2.45, 2.75) is 5.03 Å². The van der Waals surface area contributed by atoms with E-state index >= 15 is 0 Å². The highest BCUT2D eigenvalue weighted by atomic mass is 32.2. The molecule has 1 rings (SSSR count). The third-order valence-electron chi connectivity index (χ3n) is 0.988. The molecule has 1 aromatic heterocycles. The molecule has 6 heteroatoms. The third kappa shape index (κ3) is 1.62. The second-order valence-corrected chi connectivity index (χ2v) is 2.70. The minimum Gasteiger partial charge on any atom is -0.538 e. The number of thioether (sulfide) groups is 1. The lowest BCUT2D eigenvalue weighted by Gasteiger charge is -1.88. The van der Waals surface area contributed by atoms with Crippen LogP contribution in [0.1, 0.15) is 0 Å². The molecule has 1 aromatic rings. The molecule has 0 atom stereocenters. The van der Waals surface area contributed by atoms with Crippen LogP contribution in [0.3, 0.4) is 0 Å². The molecule has 1 heterocycles. The van der Waals surface area contributed by atoms with Gasteiger partial charge < -0.3 is 9.63 Å². The van der Waals surface area contributed by atoms with Crippen LogP contribution in [0.4, 0.5) is 0 Å². The minimum atomic E-state index is -0.493. The molecule has 0 spiro atoms. The van der Waals surface area contributed by atoms with Crippen LogP contribution in [-0.4, -0.2) is 11.0 Å². The van der Waals surface area contributed by atoms with Crippen LogP contribution in [0.25, 0.3) is 0 Å². The van der Waals surface area contributed by atoms with Crippen LogP contribution in [-0.2, 0) is 7.05 Å². The maximum absolute atomic E-state index is 10.8. The summed E-state index contributed by atoms with van der Waals surface area (Å²) in [6.07, 6.45) is 0. The fraction of sp³-hybridized carbons (Fsp3) is 0.400. The largest absolute Gasteiger partial charge is 0.538 e. The van der Waals surface area contributed by atoms with E-state index in [1.54, 1.807) is 7.05 Å². The van der Waals surface area contributed by atoms with Gasteiger partial charge in [0.25, 0.3) is 5.03 Å². The highest BCUT2D eigenvalue weighted by Gasteiger charge is 2.12. The second kappa shape index (κ2) is 3.25. The Labute approximate surface area is 67.2 Å². The molecule has 0 aliphatic carbocycles. The van der Waals surface area contributed by atoms with E-state index in [2.05, 4.69) is 9.79 Å². The van der Waals surface area contributed by atoms with Crippen LogP contribution in [0.5, 0.6) is 5.95 Å². The van der Waals surface area contributed by atoms with Gasteiger partial charge in [-0.1, -0.05) is 4.68 Å². The molecule has 0 amide bonds. The summed E-state index contributed by atoms with van der Waals surface area (Å²) in [6.45, 7) is 0. The van der Waals surface area contributed by atoms with Crippen LogP contribution < -0.4 is 9.79 Å². The number of hydrogen-bond donors (Lipinski definition) is 0. The SMILES string of the molecule is C[n+]1noc([O-])c1SCC#N. The zero-order valence-electron chi connectivity index (χ0n) is 5.77. The van der Waals surface area contributed by atoms with Crippen molar-refractivity contribution in [1.29, 1.82) is 5.26 Å². The van der Waals surface area contributed by atoms with Crippen molar-refractivity contribution in [2.75, 3.05) is 5.75 Å². The molecular formula is C5H5N3O2S. The fourth-order valence-electron chi connectivity index (χ4n) is 0.560. The molecule has 0 bridgehead atoms. The predicted molar refractivity (Wildman–Crippen MR) is 33.5 cm³/mol. The van der Waals surface area contributed by atoms with E-state index in [0.29, 0.717) is 5.03 Å². The summed E-state index contributed by atoms with van der Waals surface area (Å²) in [5, 5.41) is 22.7. The number of nitriles is 1. The lowest BCUT2D eigenvalue weighted by atomic mass is 10.9. The fourth-order valence-corrected chi connectivity index (χ4v) is 1.14. The van der Waals surface area contributed by atoms with Crippen molar-refractivity contribution in [1.82, 2.24) is 5.27 Å². The lowest BCUT2D eigenvalue weighted by Crippen LogP contribution is -2.31. The molecule has 0 fully saturated rings. The van der Waals surface area contributed by atoms with Gasteiger partial charge in [-0.15, -0.1) is 0 Å². The van der Waals surface area contributed by atoms with Crippen molar-refractivity contribution < 1.29 is 14.3 Å². The first-order chi connectivity index (χ1) is 5.25. The smallest absolute Gasteiger partial charge is 0.291 e. The summed E-state index contributed by atoms with van der Waals surface area (Å²) >= 11 is 1.11. The summed E-state index contributed by atoms with van der Waals surface area (Å²) in [6, 6.07) is 1.90. The Bertz CT molecular complexity index is 271. The Balaban J connectivity index is 2.77. The van der Waals surface area contributed by atoms with Gasteiger partial charge >= 0.3 is 0 Å². The Kier molecular flexibility index (Phi) is 2.33. The van der Waals surface area contributed by atoms with Crippen LogP contribution >= 0.6 is 11.8 Å². The summed E-state index contributed by atoms with van der Waals surface area (Å²) < 4.78 is 5.63. The van der Waals surface area contributed by atoms with Gasteiger partial charge in [0.1, 0.15) is 0 Å². The predicted octanol–water partition coefficient (Wildman–Crippen LogP) is -0.812. The third-order valence-corrected chi connectivity index (χ3v) is 1.97. The van der Waals surface area contributed by atoms with Crippen molar-refractivity contribution in [3.8, 4) is 12.0 Å². The maximum Gasteiger partial charge on any atom is 0.291 e. The van der Waals surface area contributed by atoms with Gasteiger partial charge in [-0.2, -0.15) is 5.26 Å². The van der Waals surface area contributed by atoms with Crippen molar-refractivity contribution in [2.24, 2.45) is 7.05 Å². The van der Waals surface area contributed by atoms with E-state index in [-0.39, 0.29) is 5.75 Å². The lowest BCUT2D eigenvalue weighted by molar-refractivity contribution is -0.772. The molecular weight excluding hydrogens is 166 g/mol. The highest BCUT2D eigenvalue weighted by Crippen LogP contribution is 2.19. The van der Waals surface area contributed by atoms with Gasteiger partial charge in [0.15, 0.2) is 13.0 Å². The monoisotopic (exact) mass is 171 g/mol. The molecule has 11 heavy (non-hydrogen) atoms. The molecule has 5 nitrogen and oxygen atoms in total. The summed E-state index contributed by atoms with van der Waals surface area (Å²) in [7, 11) is 1.59. The normalized spacial score (nSPS) is 9.45. The van der Waals surface area contributed by atoms with E-state index in [4.69, 9.17) is 5.26 Å². The van der Waals surface area contributed by atoms with Gasteiger partial charge in [-0.3, -0.25) is 0 Å². The maximum atomic E-state index is 10.8. The zero-order valence-corrected chi connectivity index (χ0v) is 6.59. The Morgan fingerprint density at radius 3 is 3.09 bits per heavy atom. The molecule has 0 N–H and O–H groups in total. The van der Waals surface area contributed by atoms with Crippen LogP contribution in [0, 0.1) is 11.3 Å². The highest BCUT2D eigenvalue weighted by molar-refractivity contribution is 7.99. The molecule has 58 valence electrons. The van der Waals surface area contributed by atoms with E-state index in [9.17, 15) is 5.11 Å². The topological polar surface area (TPSA) is 76.8 Å². The summed E-state index contributed by atoms with van der Waals surface area (Å²) in [5.41, 5.74) is 0. The number of rotatable bonds is 2. The summed E-state index contributed by atoms with van der Waals surface area (Å²) in [5.74, 6) is -0.266. The molecule has 0 aliphatic rings. The molecule has 0 aromatic carbocycles. The number of nitrogens with zero attached hydrogens (tertiary/aromatic N) is 3. The quantitative estimate of drug-likeness (QED) is 0.429. The van der Waals surface area contributed by atoms with Gasteiger partial charge in [0.05, 0.1) is 17.1 Å². The van der Waals surface area contributed by atoms with E-state index in [1.165, 1.54) is 4.68 Å². The molecule has 0 aliphatic heterocycles. The molecule has 0 radical (unpaired) electrons. The minimum absolute atomic E-state index is 0.226. The van der Waals surface area contributed by atoms with Crippen molar-refractivity contribution in [3.63, 3.8) is 0 Å². The summed E-state index contributed by atoms with van der Waals surface area (Å²) in [4.78, 5) is 0. The first kappa shape index (κ1) is 7.88.